The summed E-state index contributed by atoms with van der Waals surface area (Å²) in [5.41, 5.74) is 5.48. The van der Waals surface area contributed by atoms with Crippen LogP contribution in [-0.4, -0.2) is 30.5 Å². The number of benzene rings is 3. The lowest BCUT2D eigenvalue weighted by molar-refractivity contribution is 0.132. The molecule has 30 heavy (non-hydrogen) atoms. The molecule has 0 unspecified atom stereocenters. The van der Waals surface area contributed by atoms with E-state index in [2.05, 4.69) is 29.6 Å². The maximum absolute atomic E-state index is 12.4. The van der Waals surface area contributed by atoms with Crippen LogP contribution in [0.1, 0.15) is 22.6 Å². The van der Waals surface area contributed by atoms with Crippen molar-refractivity contribution in [2.24, 2.45) is 0 Å². The van der Waals surface area contributed by atoms with Crippen LogP contribution in [0.25, 0.3) is 11.1 Å². The molecule has 1 amide bonds. The van der Waals surface area contributed by atoms with Gasteiger partial charge in [0.15, 0.2) is 0 Å². The summed E-state index contributed by atoms with van der Waals surface area (Å²) in [7, 11) is 0. The minimum absolute atomic E-state index is 0.0116. The third kappa shape index (κ3) is 4.46. The van der Waals surface area contributed by atoms with Crippen LogP contribution < -0.4 is 5.32 Å². The van der Waals surface area contributed by atoms with E-state index in [1.807, 2.05) is 24.3 Å². The third-order valence-corrected chi connectivity index (χ3v) is 5.73. The second-order valence-electron chi connectivity index (χ2n) is 7.33. The Balaban J connectivity index is 1.41. The molecular formula is C24H21Cl2NO3. The van der Waals surface area contributed by atoms with E-state index in [0.717, 1.165) is 16.7 Å². The number of aliphatic hydroxyl groups excluding tert-OH is 1. The van der Waals surface area contributed by atoms with Gasteiger partial charge in [0.2, 0.25) is 0 Å². The summed E-state index contributed by atoms with van der Waals surface area (Å²) in [5.74, 6) is -0.0116. The average Bonchev–Trinajstić information content (AvgIpc) is 3.05. The zero-order valence-corrected chi connectivity index (χ0v) is 17.7. The van der Waals surface area contributed by atoms with Crippen molar-refractivity contribution in [1.29, 1.82) is 0 Å². The molecule has 4 rings (SSSR count). The number of carbonyl (C=O) groups excluding carboxylic acids is 1. The Labute approximate surface area is 185 Å². The standard InChI is InChI=1S/C24H21Cl2NO3/c25-16-9-15(10-17(26)12-16)11-18(13-28)27-24(29)30-14-23-21-7-3-1-5-19(21)20-6-2-4-8-22(20)23/h1-10,12,18,23,28H,11,13-14H2,(H,27,29)/t18-/m0/s1. The Morgan fingerprint density at radius 3 is 2.10 bits per heavy atom. The summed E-state index contributed by atoms with van der Waals surface area (Å²) in [6.07, 6.45) is -0.176. The van der Waals surface area contributed by atoms with Gasteiger partial charge < -0.3 is 15.2 Å². The van der Waals surface area contributed by atoms with Gasteiger partial charge in [0.25, 0.3) is 0 Å². The third-order valence-electron chi connectivity index (χ3n) is 5.29. The van der Waals surface area contributed by atoms with Crippen LogP contribution in [0.2, 0.25) is 10.0 Å². The van der Waals surface area contributed by atoms with E-state index in [-0.39, 0.29) is 19.1 Å². The van der Waals surface area contributed by atoms with Crippen LogP contribution >= 0.6 is 23.2 Å². The van der Waals surface area contributed by atoms with Crippen LogP contribution in [0.15, 0.2) is 66.7 Å². The Morgan fingerprint density at radius 2 is 1.53 bits per heavy atom. The minimum atomic E-state index is -0.566. The summed E-state index contributed by atoms with van der Waals surface area (Å²) >= 11 is 12.1. The molecule has 0 fully saturated rings. The first-order valence-corrected chi connectivity index (χ1v) is 10.5. The topological polar surface area (TPSA) is 58.6 Å². The number of carbonyl (C=O) groups is 1. The van der Waals surface area contributed by atoms with Crippen molar-refractivity contribution in [2.45, 2.75) is 18.4 Å². The molecule has 0 bridgehead atoms. The zero-order valence-electron chi connectivity index (χ0n) is 16.1. The number of amides is 1. The highest BCUT2D eigenvalue weighted by Crippen LogP contribution is 2.44. The van der Waals surface area contributed by atoms with Crippen LogP contribution in [0, 0.1) is 0 Å². The van der Waals surface area contributed by atoms with E-state index in [0.29, 0.717) is 16.5 Å². The molecule has 0 aliphatic heterocycles. The summed E-state index contributed by atoms with van der Waals surface area (Å²) in [5, 5.41) is 13.4. The predicted octanol–water partition coefficient (Wildman–Crippen LogP) is 5.44. The van der Waals surface area contributed by atoms with Gasteiger partial charge >= 0.3 is 6.09 Å². The molecule has 0 saturated carbocycles. The number of hydrogen-bond donors (Lipinski definition) is 2. The molecule has 2 N–H and O–H groups in total. The Bertz CT molecular complexity index is 1000. The first-order valence-electron chi connectivity index (χ1n) is 9.72. The van der Waals surface area contributed by atoms with Crippen molar-refractivity contribution in [3.05, 3.63) is 93.5 Å². The van der Waals surface area contributed by atoms with Crippen molar-refractivity contribution in [2.75, 3.05) is 13.2 Å². The largest absolute Gasteiger partial charge is 0.449 e. The highest BCUT2D eigenvalue weighted by molar-refractivity contribution is 6.34. The van der Waals surface area contributed by atoms with Gasteiger partial charge in [0.1, 0.15) is 6.61 Å². The highest BCUT2D eigenvalue weighted by atomic mass is 35.5. The molecule has 3 aromatic carbocycles. The second-order valence-corrected chi connectivity index (χ2v) is 8.20. The van der Waals surface area contributed by atoms with Gasteiger partial charge in [-0.1, -0.05) is 71.7 Å². The van der Waals surface area contributed by atoms with E-state index in [1.165, 1.54) is 11.1 Å². The number of rotatable bonds is 6. The SMILES string of the molecule is O=C(N[C@H](CO)Cc1cc(Cl)cc(Cl)c1)OCC1c2ccccc2-c2ccccc21. The monoisotopic (exact) mass is 441 g/mol. The van der Waals surface area contributed by atoms with E-state index in [4.69, 9.17) is 27.9 Å². The Hall–Kier alpha value is -2.53. The Morgan fingerprint density at radius 1 is 0.967 bits per heavy atom. The minimum Gasteiger partial charge on any atom is -0.449 e. The number of aliphatic hydroxyl groups is 1. The summed E-state index contributed by atoms with van der Waals surface area (Å²) in [6, 6.07) is 21.0. The fourth-order valence-electron chi connectivity index (χ4n) is 3.98. The highest BCUT2D eigenvalue weighted by Gasteiger charge is 2.29. The van der Waals surface area contributed by atoms with Crippen LogP contribution in [0.5, 0.6) is 0 Å². The van der Waals surface area contributed by atoms with Crippen molar-refractivity contribution in [3.63, 3.8) is 0 Å². The molecule has 0 radical (unpaired) electrons. The van der Waals surface area contributed by atoms with Gasteiger partial charge in [-0.3, -0.25) is 0 Å². The maximum atomic E-state index is 12.4. The molecule has 0 saturated heterocycles. The second kappa shape index (κ2) is 9.09. The zero-order chi connectivity index (χ0) is 21.1. The van der Waals surface area contributed by atoms with Crippen LogP contribution in [0.3, 0.4) is 0 Å². The molecule has 1 aliphatic carbocycles. The molecule has 6 heteroatoms. The number of nitrogens with one attached hydrogen (secondary N) is 1. The number of hydrogen-bond acceptors (Lipinski definition) is 3. The normalized spacial score (nSPS) is 13.4. The van der Waals surface area contributed by atoms with Gasteiger partial charge in [-0.15, -0.1) is 0 Å². The van der Waals surface area contributed by atoms with E-state index >= 15 is 0 Å². The molecule has 154 valence electrons. The summed E-state index contributed by atoms with van der Waals surface area (Å²) < 4.78 is 5.54. The molecule has 0 heterocycles. The van der Waals surface area contributed by atoms with E-state index in [9.17, 15) is 9.90 Å². The average molecular weight is 442 g/mol. The van der Waals surface area contributed by atoms with Gasteiger partial charge in [-0.2, -0.15) is 0 Å². The molecule has 0 spiro atoms. The van der Waals surface area contributed by atoms with Gasteiger partial charge in [-0.05, 0) is 52.4 Å². The van der Waals surface area contributed by atoms with E-state index < -0.39 is 12.1 Å². The fourth-order valence-corrected chi connectivity index (χ4v) is 4.55. The summed E-state index contributed by atoms with van der Waals surface area (Å²) in [6.45, 7) is -0.00463. The number of halogens is 2. The van der Waals surface area contributed by atoms with Crippen molar-refractivity contribution < 1.29 is 14.6 Å². The maximum Gasteiger partial charge on any atom is 0.407 e. The van der Waals surface area contributed by atoms with Crippen LogP contribution in [0.4, 0.5) is 4.79 Å². The molecule has 4 nitrogen and oxygen atoms in total. The molecule has 1 atom stereocenters. The molecular weight excluding hydrogens is 421 g/mol. The lowest BCUT2D eigenvalue weighted by atomic mass is 9.98. The van der Waals surface area contributed by atoms with Gasteiger partial charge in [0, 0.05) is 16.0 Å². The lowest BCUT2D eigenvalue weighted by Crippen LogP contribution is -2.39. The number of alkyl carbamates (subject to hydrolysis) is 1. The molecule has 1 aliphatic rings. The predicted molar refractivity (Wildman–Crippen MR) is 119 cm³/mol. The Kier molecular flexibility index (Phi) is 6.28. The van der Waals surface area contributed by atoms with Crippen molar-refractivity contribution in [3.8, 4) is 11.1 Å². The van der Waals surface area contributed by atoms with Crippen molar-refractivity contribution in [1.82, 2.24) is 5.32 Å². The van der Waals surface area contributed by atoms with Gasteiger partial charge in [0.05, 0.1) is 12.6 Å². The number of fused-ring (bicyclic) bond motifs is 3. The van der Waals surface area contributed by atoms with Gasteiger partial charge in [-0.25, -0.2) is 4.79 Å². The quantitative estimate of drug-likeness (QED) is 0.535. The van der Waals surface area contributed by atoms with Crippen LogP contribution in [-0.2, 0) is 11.2 Å². The summed E-state index contributed by atoms with van der Waals surface area (Å²) in [4.78, 5) is 12.4. The molecule has 3 aromatic rings. The first kappa shape index (κ1) is 20.7. The van der Waals surface area contributed by atoms with E-state index in [1.54, 1.807) is 18.2 Å². The first-order chi connectivity index (χ1) is 14.5. The van der Waals surface area contributed by atoms with Crippen molar-refractivity contribution >= 4 is 29.3 Å². The number of ether oxygens (including phenoxy) is 1. The lowest BCUT2D eigenvalue weighted by Gasteiger charge is -2.19. The smallest absolute Gasteiger partial charge is 0.407 e. The molecule has 0 aromatic heterocycles. The fraction of sp³-hybridized carbons (Fsp3) is 0.208.